The summed E-state index contributed by atoms with van der Waals surface area (Å²) in [5.74, 6) is -0.443. The monoisotopic (exact) mass is 223 g/mol. The number of fused-ring (bicyclic) bond motifs is 1. The zero-order valence-electron chi connectivity index (χ0n) is 8.90. The lowest BCUT2D eigenvalue weighted by molar-refractivity contribution is 0.0111. The minimum Gasteiger partial charge on any atom is -0.478 e. The third-order valence-corrected chi connectivity index (χ3v) is 2.54. The topological polar surface area (TPSA) is 81.8 Å². The Morgan fingerprint density at radius 1 is 1.69 bits per heavy atom. The second-order valence-corrected chi connectivity index (χ2v) is 3.86. The first-order valence-corrected chi connectivity index (χ1v) is 4.88. The molecule has 1 atom stereocenters. The molecule has 0 radical (unpaired) electrons. The van der Waals surface area contributed by atoms with Gasteiger partial charge in [0, 0.05) is 19.1 Å². The first kappa shape index (κ1) is 10.9. The molecule has 86 valence electrons. The smallest absolute Gasteiger partial charge is 0.336 e. The van der Waals surface area contributed by atoms with E-state index in [2.05, 4.69) is 0 Å². The van der Waals surface area contributed by atoms with Crippen LogP contribution in [-0.4, -0.2) is 30.5 Å². The molecule has 0 saturated carbocycles. The van der Waals surface area contributed by atoms with Gasteiger partial charge in [0.15, 0.2) is 5.72 Å². The summed E-state index contributed by atoms with van der Waals surface area (Å²) in [6.45, 7) is 0.223. The number of hydrogen-bond donors (Lipinski definition) is 2. The largest absolute Gasteiger partial charge is 0.478 e. The second-order valence-electron chi connectivity index (χ2n) is 3.86. The Morgan fingerprint density at radius 3 is 3.06 bits per heavy atom. The van der Waals surface area contributed by atoms with Gasteiger partial charge in [-0.2, -0.15) is 0 Å². The van der Waals surface area contributed by atoms with Crippen LogP contribution in [0.25, 0.3) is 0 Å². The van der Waals surface area contributed by atoms with Crippen LogP contribution in [0.3, 0.4) is 0 Å². The van der Waals surface area contributed by atoms with Crippen molar-refractivity contribution < 1.29 is 19.4 Å². The fourth-order valence-corrected chi connectivity index (χ4v) is 1.92. The average Bonchev–Trinajstić information content (AvgIpc) is 2.53. The molecule has 0 fully saturated rings. The normalized spacial score (nSPS) is 22.6. The summed E-state index contributed by atoms with van der Waals surface area (Å²) in [5, 5.41) is 9.02. The van der Waals surface area contributed by atoms with Crippen LogP contribution in [-0.2, 0) is 11.2 Å². The van der Waals surface area contributed by atoms with Crippen molar-refractivity contribution in [3.63, 3.8) is 0 Å². The minimum absolute atomic E-state index is 0.223. The third kappa shape index (κ3) is 1.75. The number of carboxylic acids is 1. The van der Waals surface area contributed by atoms with Crippen LogP contribution in [0.1, 0.15) is 15.9 Å². The van der Waals surface area contributed by atoms with Crippen molar-refractivity contribution >= 4 is 5.97 Å². The van der Waals surface area contributed by atoms with Crippen molar-refractivity contribution in [3.8, 4) is 5.75 Å². The lowest BCUT2D eigenvalue weighted by Gasteiger charge is -2.22. The molecule has 0 saturated heterocycles. The number of rotatable bonds is 3. The fraction of sp³-hybridized carbons (Fsp3) is 0.364. The maximum Gasteiger partial charge on any atom is 0.336 e. The maximum atomic E-state index is 11.0. The van der Waals surface area contributed by atoms with E-state index in [4.69, 9.17) is 20.3 Å². The van der Waals surface area contributed by atoms with Crippen molar-refractivity contribution in [3.05, 3.63) is 29.3 Å². The van der Waals surface area contributed by atoms with Gasteiger partial charge in [0.2, 0.25) is 0 Å². The molecular formula is C11H13NO4. The van der Waals surface area contributed by atoms with E-state index < -0.39 is 11.7 Å². The van der Waals surface area contributed by atoms with E-state index >= 15 is 0 Å². The number of aromatic carboxylic acids is 1. The predicted octanol–water partition coefficient (Wildman–Crippen LogP) is 0.621. The van der Waals surface area contributed by atoms with E-state index in [0.29, 0.717) is 17.7 Å². The predicted molar refractivity (Wildman–Crippen MR) is 56.5 cm³/mol. The number of carboxylic acid groups (broad SMARTS) is 1. The van der Waals surface area contributed by atoms with Gasteiger partial charge in [-0.3, -0.25) is 5.73 Å². The Morgan fingerprint density at radius 2 is 2.44 bits per heavy atom. The summed E-state index contributed by atoms with van der Waals surface area (Å²) in [5.41, 5.74) is 5.86. The molecule has 1 heterocycles. The zero-order valence-corrected chi connectivity index (χ0v) is 8.90. The number of nitrogens with two attached hydrogens (primary N) is 1. The van der Waals surface area contributed by atoms with Gasteiger partial charge in [0.25, 0.3) is 0 Å². The van der Waals surface area contributed by atoms with Crippen LogP contribution in [0.5, 0.6) is 5.75 Å². The summed E-state index contributed by atoms with van der Waals surface area (Å²) >= 11 is 0. The molecule has 16 heavy (non-hydrogen) atoms. The van der Waals surface area contributed by atoms with Gasteiger partial charge in [-0.1, -0.05) is 6.07 Å². The Kier molecular flexibility index (Phi) is 2.57. The van der Waals surface area contributed by atoms with Crippen LogP contribution < -0.4 is 10.5 Å². The van der Waals surface area contributed by atoms with E-state index in [-0.39, 0.29) is 12.2 Å². The average molecular weight is 223 g/mol. The molecule has 1 aliphatic rings. The van der Waals surface area contributed by atoms with Crippen LogP contribution >= 0.6 is 0 Å². The van der Waals surface area contributed by atoms with Gasteiger partial charge >= 0.3 is 5.97 Å². The third-order valence-electron chi connectivity index (χ3n) is 2.54. The fourth-order valence-electron chi connectivity index (χ4n) is 1.92. The molecule has 0 aliphatic carbocycles. The first-order valence-electron chi connectivity index (χ1n) is 4.88. The lowest BCUT2D eigenvalue weighted by atomic mass is 10.0. The standard InChI is InChI=1S/C11H13NO4/c1-15-6-11(12)5-8-7(10(13)14)3-2-4-9(8)16-11/h2-4H,5-6,12H2,1H3,(H,13,14). The Bertz CT molecular complexity index is 432. The molecule has 0 amide bonds. The summed E-state index contributed by atoms with van der Waals surface area (Å²) in [4.78, 5) is 11.0. The molecule has 1 aromatic carbocycles. The molecule has 3 N–H and O–H groups in total. The second kappa shape index (κ2) is 3.77. The van der Waals surface area contributed by atoms with Crippen molar-refractivity contribution in [2.24, 2.45) is 5.73 Å². The first-order chi connectivity index (χ1) is 7.56. The molecule has 1 aromatic rings. The van der Waals surface area contributed by atoms with Crippen LogP contribution in [0.4, 0.5) is 0 Å². The highest BCUT2D eigenvalue weighted by molar-refractivity contribution is 5.90. The quantitative estimate of drug-likeness (QED) is 0.785. The summed E-state index contributed by atoms with van der Waals surface area (Å²) < 4.78 is 10.5. The van der Waals surface area contributed by atoms with Gasteiger partial charge in [0.05, 0.1) is 5.56 Å². The van der Waals surface area contributed by atoms with Gasteiger partial charge in [0.1, 0.15) is 12.4 Å². The SMILES string of the molecule is COCC1(N)Cc2c(cccc2C(=O)O)O1. The van der Waals surface area contributed by atoms with Crippen molar-refractivity contribution in [1.29, 1.82) is 0 Å². The van der Waals surface area contributed by atoms with Gasteiger partial charge < -0.3 is 14.6 Å². The van der Waals surface area contributed by atoms with Gasteiger partial charge in [-0.15, -0.1) is 0 Å². The number of methoxy groups -OCH3 is 1. The molecule has 2 rings (SSSR count). The molecule has 5 heteroatoms. The Labute approximate surface area is 92.8 Å². The van der Waals surface area contributed by atoms with E-state index in [1.165, 1.54) is 7.11 Å². The molecular weight excluding hydrogens is 210 g/mol. The summed E-state index contributed by atoms with van der Waals surface area (Å²) in [6, 6.07) is 4.90. The molecule has 1 aliphatic heterocycles. The van der Waals surface area contributed by atoms with Gasteiger partial charge in [-0.25, -0.2) is 4.79 Å². The van der Waals surface area contributed by atoms with Crippen molar-refractivity contribution in [2.45, 2.75) is 12.1 Å². The molecule has 0 spiro atoms. The van der Waals surface area contributed by atoms with E-state index in [1.54, 1.807) is 18.2 Å². The molecule has 0 bridgehead atoms. The van der Waals surface area contributed by atoms with Crippen molar-refractivity contribution in [1.82, 2.24) is 0 Å². The van der Waals surface area contributed by atoms with E-state index in [9.17, 15) is 4.79 Å². The van der Waals surface area contributed by atoms with Crippen molar-refractivity contribution in [2.75, 3.05) is 13.7 Å². The van der Waals surface area contributed by atoms with Crippen LogP contribution in [0.2, 0.25) is 0 Å². The molecule has 0 aromatic heterocycles. The van der Waals surface area contributed by atoms with E-state index in [0.717, 1.165) is 0 Å². The molecule has 1 unspecified atom stereocenters. The highest BCUT2D eigenvalue weighted by Crippen LogP contribution is 2.34. The van der Waals surface area contributed by atoms with Crippen LogP contribution in [0.15, 0.2) is 18.2 Å². The Balaban J connectivity index is 2.37. The summed E-state index contributed by atoms with van der Waals surface area (Å²) in [6.07, 6.45) is 0.346. The number of benzene rings is 1. The van der Waals surface area contributed by atoms with E-state index in [1.807, 2.05) is 0 Å². The highest BCUT2D eigenvalue weighted by atomic mass is 16.6. The summed E-state index contributed by atoms with van der Waals surface area (Å²) in [7, 11) is 1.53. The highest BCUT2D eigenvalue weighted by Gasteiger charge is 2.37. The lowest BCUT2D eigenvalue weighted by Crippen LogP contribution is -2.48. The maximum absolute atomic E-state index is 11.0. The zero-order chi connectivity index (χ0) is 11.8. The number of ether oxygens (including phenoxy) is 2. The molecule has 5 nitrogen and oxygen atoms in total. The number of hydrogen-bond acceptors (Lipinski definition) is 4. The minimum atomic E-state index is -0.970. The van der Waals surface area contributed by atoms with Gasteiger partial charge in [-0.05, 0) is 12.1 Å². The van der Waals surface area contributed by atoms with Crippen LogP contribution in [0, 0.1) is 0 Å². The Hall–Kier alpha value is -1.59. The number of carbonyl (C=O) groups is 1.